The molecule has 0 saturated carbocycles. The molecule has 2 rings (SSSR count). The summed E-state index contributed by atoms with van der Waals surface area (Å²) in [6.45, 7) is 2.91. The second kappa shape index (κ2) is 6.29. The molecule has 0 spiro atoms. The van der Waals surface area contributed by atoms with Gasteiger partial charge in [-0.1, -0.05) is 29.8 Å². The lowest BCUT2D eigenvalue weighted by Crippen LogP contribution is -2.14. The maximum atomic E-state index is 12.8. The number of nitrogens with zero attached hydrogens (tertiary/aromatic N) is 1. The van der Waals surface area contributed by atoms with Gasteiger partial charge in [0.15, 0.2) is 5.78 Å². The summed E-state index contributed by atoms with van der Waals surface area (Å²) >= 11 is 0. The topological polar surface area (TPSA) is 29.4 Å². The molecule has 0 atom stereocenters. The monoisotopic (exact) mass is 291 g/mol. The van der Waals surface area contributed by atoms with E-state index in [0.29, 0.717) is 24.3 Å². The molecule has 1 aliphatic heterocycles. The molecular weight excluding hydrogens is 272 g/mol. The molecular formula is C17H19F2NO. The molecule has 1 aliphatic rings. The Kier molecular flexibility index (Phi) is 4.66. The summed E-state index contributed by atoms with van der Waals surface area (Å²) in [7, 11) is 0. The van der Waals surface area contributed by atoms with Crippen molar-refractivity contribution in [2.45, 2.75) is 45.5 Å². The maximum absolute atomic E-state index is 12.8. The summed E-state index contributed by atoms with van der Waals surface area (Å²) in [5, 5.41) is 0. The lowest BCUT2D eigenvalue weighted by atomic mass is 10.00. The summed E-state index contributed by atoms with van der Waals surface area (Å²) in [5.41, 5.74) is 3.34. The molecule has 0 aromatic heterocycles. The van der Waals surface area contributed by atoms with Gasteiger partial charge in [-0.2, -0.15) is 0 Å². The van der Waals surface area contributed by atoms with Crippen molar-refractivity contribution in [2.24, 2.45) is 4.99 Å². The zero-order valence-electron chi connectivity index (χ0n) is 12.3. The Morgan fingerprint density at radius 3 is 2.52 bits per heavy atom. The predicted molar refractivity (Wildman–Crippen MR) is 80.7 cm³/mol. The summed E-state index contributed by atoms with van der Waals surface area (Å²) in [5.74, 6) is -2.67. The van der Waals surface area contributed by atoms with E-state index in [1.165, 1.54) is 6.08 Å². The fourth-order valence-electron chi connectivity index (χ4n) is 2.27. The largest absolute Gasteiger partial charge is 0.294 e. The highest BCUT2D eigenvalue weighted by Gasteiger charge is 2.21. The second-order valence-electron chi connectivity index (χ2n) is 5.64. The van der Waals surface area contributed by atoms with E-state index in [0.717, 1.165) is 18.1 Å². The van der Waals surface area contributed by atoms with Crippen LogP contribution in [-0.4, -0.2) is 17.4 Å². The second-order valence-corrected chi connectivity index (χ2v) is 5.64. The van der Waals surface area contributed by atoms with E-state index >= 15 is 0 Å². The Morgan fingerprint density at radius 1 is 1.24 bits per heavy atom. The van der Waals surface area contributed by atoms with E-state index in [-0.39, 0.29) is 18.6 Å². The average molecular weight is 291 g/mol. The van der Waals surface area contributed by atoms with Crippen LogP contribution < -0.4 is 0 Å². The Labute approximate surface area is 123 Å². The molecule has 1 aromatic rings. The number of carbonyl (C=O) groups excluding carboxylic acids is 1. The predicted octanol–water partition coefficient (Wildman–Crippen LogP) is 4.58. The fourth-order valence-corrected chi connectivity index (χ4v) is 2.27. The molecule has 1 heterocycles. The van der Waals surface area contributed by atoms with Crippen molar-refractivity contribution in [1.29, 1.82) is 0 Å². The fraction of sp³-hybridized carbons (Fsp3) is 0.412. The number of allylic oxidation sites excluding steroid dienone is 1. The van der Waals surface area contributed by atoms with Gasteiger partial charge in [0, 0.05) is 30.2 Å². The number of aryl methyl sites for hydroxylation is 1. The molecule has 1 aromatic carbocycles. The van der Waals surface area contributed by atoms with Gasteiger partial charge in [-0.05, 0) is 26.7 Å². The van der Waals surface area contributed by atoms with Crippen LogP contribution in [0, 0.1) is 6.92 Å². The molecule has 21 heavy (non-hydrogen) atoms. The minimum absolute atomic E-state index is 0.0150. The lowest BCUT2D eigenvalue weighted by molar-refractivity contribution is -0.113. The van der Waals surface area contributed by atoms with Gasteiger partial charge in [0.05, 0.1) is 5.70 Å². The average Bonchev–Trinajstić information content (AvgIpc) is 2.37. The molecule has 0 bridgehead atoms. The third-order valence-electron chi connectivity index (χ3n) is 3.38. The van der Waals surface area contributed by atoms with Crippen LogP contribution in [0.4, 0.5) is 8.78 Å². The van der Waals surface area contributed by atoms with E-state index in [1.807, 2.05) is 31.2 Å². The smallest absolute Gasteiger partial charge is 0.245 e. The highest BCUT2D eigenvalue weighted by molar-refractivity contribution is 6.14. The molecule has 0 unspecified atom stereocenters. The van der Waals surface area contributed by atoms with Crippen LogP contribution in [0.3, 0.4) is 0 Å². The first-order valence-electron chi connectivity index (χ1n) is 7.09. The van der Waals surface area contributed by atoms with Crippen molar-refractivity contribution >= 4 is 17.2 Å². The first-order chi connectivity index (χ1) is 9.83. The SMILES string of the molecule is Cc1ccc(C2=CC(=O)CC(CCCC(C)(F)F)=N2)cc1. The molecule has 0 radical (unpaired) electrons. The van der Waals surface area contributed by atoms with Crippen molar-refractivity contribution in [2.75, 3.05) is 0 Å². The van der Waals surface area contributed by atoms with Crippen LogP contribution in [0.25, 0.3) is 5.70 Å². The van der Waals surface area contributed by atoms with Crippen LogP contribution in [0.15, 0.2) is 35.3 Å². The number of alkyl halides is 2. The first kappa shape index (κ1) is 15.5. The molecule has 2 nitrogen and oxygen atoms in total. The number of hydrogen-bond acceptors (Lipinski definition) is 2. The number of ketones is 1. The minimum atomic E-state index is -2.66. The van der Waals surface area contributed by atoms with Gasteiger partial charge < -0.3 is 0 Å². The van der Waals surface area contributed by atoms with Crippen molar-refractivity contribution in [3.63, 3.8) is 0 Å². The number of hydrogen-bond donors (Lipinski definition) is 0. The highest BCUT2D eigenvalue weighted by atomic mass is 19.3. The van der Waals surface area contributed by atoms with E-state index < -0.39 is 5.92 Å². The van der Waals surface area contributed by atoms with Crippen LogP contribution >= 0.6 is 0 Å². The van der Waals surface area contributed by atoms with Crippen molar-refractivity contribution in [3.8, 4) is 0 Å². The number of carbonyl (C=O) groups is 1. The van der Waals surface area contributed by atoms with Gasteiger partial charge in [-0.25, -0.2) is 8.78 Å². The van der Waals surface area contributed by atoms with Gasteiger partial charge in [0.2, 0.25) is 5.92 Å². The van der Waals surface area contributed by atoms with E-state index in [2.05, 4.69) is 4.99 Å². The normalized spacial score (nSPS) is 15.7. The van der Waals surface area contributed by atoms with Gasteiger partial charge in [0.25, 0.3) is 0 Å². The standard InChI is InChI=1S/C17H19F2NO/c1-12-5-7-13(8-6-12)16-11-15(21)10-14(20-16)4-3-9-17(2,18)19/h5-8,11H,3-4,9-10H2,1-2H3. The molecule has 0 amide bonds. The molecule has 4 heteroatoms. The van der Waals surface area contributed by atoms with E-state index in [1.54, 1.807) is 0 Å². The van der Waals surface area contributed by atoms with Crippen LogP contribution in [-0.2, 0) is 4.79 Å². The van der Waals surface area contributed by atoms with E-state index in [9.17, 15) is 13.6 Å². The molecule has 112 valence electrons. The zero-order chi connectivity index (χ0) is 15.5. The number of aliphatic imine (C=N–C) groups is 1. The van der Waals surface area contributed by atoms with Crippen molar-refractivity contribution in [1.82, 2.24) is 0 Å². The van der Waals surface area contributed by atoms with Gasteiger partial charge in [-0.3, -0.25) is 9.79 Å². The zero-order valence-corrected chi connectivity index (χ0v) is 12.3. The van der Waals surface area contributed by atoms with Gasteiger partial charge in [-0.15, -0.1) is 0 Å². The third-order valence-corrected chi connectivity index (χ3v) is 3.38. The quantitative estimate of drug-likeness (QED) is 0.781. The third kappa shape index (κ3) is 4.88. The summed E-state index contributed by atoms with van der Waals surface area (Å²) in [6, 6.07) is 7.76. The minimum Gasteiger partial charge on any atom is -0.294 e. The van der Waals surface area contributed by atoms with Crippen LogP contribution in [0.1, 0.15) is 43.7 Å². The Balaban J connectivity index is 2.08. The van der Waals surface area contributed by atoms with Gasteiger partial charge in [0.1, 0.15) is 0 Å². The van der Waals surface area contributed by atoms with Crippen molar-refractivity contribution < 1.29 is 13.6 Å². The lowest BCUT2D eigenvalue weighted by Gasteiger charge is -2.14. The van der Waals surface area contributed by atoms with Crippen LogP contribution in [0.5, 0.6) is 0 Å². The van der Waals surface area contributed by atoms with E-state index in [4.69, 9.17) is 0 Å². The molecule has 0 fully saturated rings. The summed E-state index contributed by atoms with van der Waals surface area (Å²) < 4.78 is 25.6. The number of halogens is 2. The summed E-state index contributed by atoms with van der Waals surface area (Å²) in [6.07, 6.45) is 2.38. The first-order valence-corrected chi connectivity index (χ1v) is 7.09. The molecule has 0 saturated heterocycles. The van der Waals surface area contributed by atoms with Crippen molar-refractivity contribution in [3.05, 3.63) is 41.5 Å². The highest BCUT2D eigenvalue weighted by Crippen LogP contribution is 2.24. The summed E-state index contributed by atoms with van der Waals surface area (Å²) in [4.78, 5) is 16.2. The molecule has 0 aliphatic carbocycles. The van der Waals surface area contributed by atoms with Crippen LogP contribution in [0.2, 0.25) is 0 Å². The maximum Gasteiger partial charge on any atom is 0.245 e. The Morgan fingerprint density at radius 2 is 1.90 bits per heavy atom. The Hall–Kier alpha value is -1.84. The number of benzene rings is 1. The Bertz CT molecular complexity index is 580. The van der Waals surface area contributed by atoms with Gasteiger partial charge >= 0.3 is 0 Å². The molecule has 0 N–H and O–H groups in total. The number of rotatable bonds is 5.